The third kappa shape index (κ3) is 4.68. The smallest absolute Gasteiger partial charge is 0.159 e. The topological polar surface area (TPSA) is 29.5 Å². The van der Waals surface area contributed by atoms with Gasteiger partial charge in [0.25, 0.3) is 0 Å². The fourth-order valence-corrected chi connectivity index (χ4v) is 8.26. The van der Waals surface area contributed by atoms with Crippen molar-refractivity contribution in [3.05, 3.63) is 188 Å². The Labute approximate surface area is 305 Å². The van der Waals surface area contributed by atoms with Gasteiger partial charge in [-0.2, -0.15) is 0 Å². The molecule has 11 aromatic rings. The molecule has 0 aliphatic rings. The summed E-state index contributed by atoms with van der Waals surface area (Å²) in [6.45, 7) is 0. The van der Waals surface area contributed by atoms with Crippen LogP contribution in [0, 0.1) is 0 Å². The average molecular weight is 678 g/mol. The molecule has 0 aliphatic heterocycles. The number of anilines is 3. The molecule has 0 bridgehead atoms. The summed E-state index contributed by atoms with van der Waals surface area (Å²) >= 11 is 0. The normalized spacial score (nSPS) is 11.8. The lowest BCUT2D eigenvalue weighted by atomic mass is 9.91. The summed E-state index contributed by atoms with van der Waals surface area (Å²) in [7, 11) is 0. The number of furan rings is 2. The molecular formula is C50H31NO2. The van der Waals surface area contributed by atoms with Gasteiger partial charge in [0.05, 0.1) is 5.69 Å². The van der Waals surface area contributed by atoms with Crippen LogP contribution < -0.4 is 4.90 Å². The molecule has 0 atom stereocenters. The molecule has 2 heterocycles. The maximum absolute atomic E-state index is 6.84. The fourth-order valence-electron chi connectivity index (χ4n) is 8.26. The van der Waals surface area contributed by atoms with Crippen molar-refractivity contribution in [3.8, 4) is 22.3 Å². The quantitative estimate of drug-likeness (QED) is 0.182. The first-order valence-electron chi connectivity index (χ1n) is 18.0. The van der Waals surface area contributed by atoms with Crippen LogP contribution in [0.5, 0.6) is 0 Å². The van der Waals surface area contributed by atoms with Crippen molar-refractivity contribution >= 4 is 82.5 Å². The number of hydrogen-bond acceptors (Lipinski definition) is 3. The van der Waals surface area contributed by atoms with E-state index >= 15 is 0 Å². The van der Waals surface area contributed by atoms with Crippen LogP contribution in [0.25, 0.3) is 87.7 Å². The third-order valence-electron chi connectivity index (χ3n) is 10.6. The van der Waals surface area contributed by atoms with Crippen LogP contribution >= 0.6 is 0 Å². The summed E-state index contributed by atoms with van der Waals surface area (Å²) in [4.78, 5) is 2.33. The summed E-state index contributed by atoms with van der Waals surface area (Å²) in [5, 5.41) is 9.22. The first kappa shape index (κ1) is 29.6. The number of fused-ring (bicyclic) bond motifs is 9. The molecular weight excluding hydrogens is 647 g/mol. The zero-order chi connectivity index (χ0) is 34.9. The highest BCUT2D eigenvalue weighted by Crippen LogP contribution is 2.46. The lowest BCUT2D eigenvalue weighted by Gasteiger charge is -2.26. The van der Waals surface area contributed by atoms with E-state index in [1.165, 1.54) is 38.2 Å². The molecule has 11 rings (SSSR count). The Hall–Kier alpha value is -7.10. The van der Waals surface area contributed by atoms with Gasteiger partial charge in [-0.1, -0.05) is 140 Å². The van der Waals surface area contributed by atoms with Gasteiger partial charge in [0.15, 0.2) is 5.58 Å². The van der Waals surface area contributed by atoms with Gasteiger partial charge in [0.1, 0.15) is 16.7 Å². The van der Waals surface area contributed by atoms with E-state index in [2.05, 4.69) is 181 Å². The Morgan fingerprint density at radius 3 is 1.87 bits per heavy atom. The largest absolute Gasteiger partial charge is 0.456 e. The fraction of sp³-hybridized carbons (Fsp3) is 0. The number of hydrogen-bond donors (Lipinski definition) is 0. The number of benzene rings is 9. The molecule has 9 aromatic carbocycles. The summed E-state index contributed by atoms with van der Waals surface area (Å²) in [5.74, 6) is 0. The summed E-state index contributed by atoms with van der Waals surface area (Å²) in [5.41, 5.74) is 11.2. The van der Waals surface area contributed by atoms with Gasteiger partial charge in [0, 0.05) is 32.9 Å². The van der Waals surface area contributed by atoms with Gasteiger partial charge < -0.3 is 13.7 Å². The highest BCUT2D eigenvalue weighted by Gasteiger charge is 2.22. The Morgan fingerprint density at radius 1 is 0.340 bits per heavy atom. The zero-order valence-corrected chi connectivity index (χ0v) is 28.7. The molecule has 0 unspecified atom stereocenters. The lowest BCUT2D eigenvalue weighted by Crippen LogP contribution is -2.10. The predicted molar refractivity (Wildman–Crippen MR) is 222 cm³/mol. The predicted octanol–water partition coefficient (Wildman–Crippen LogP) is 14.6. The van der Waals surface area contributed by atoms with Crippen LogP contribution in [0.15, 0.2) is 197 Å². The molecule has 0 radical (unpaired) electrons. The molecule has 0 saturated carbocycles. The second-order valence-corrected chi connectivity index (χ2v) is 13.7. The standard InChI is InChI=1S/C50H31NO2/c1-2-12-32(13-3-1)38-21-9-15-34-16-10-22-40(48(34)38)35-17-8-18-36(30-35)51(37-27-29-46-43(31-37)41-20-6-7-25-45(41)52-46)44-24-11-23-42-49-39-19-5-4-14-33(39)26-28-47(49)53-50(42)44/h1-31H. The molecule has 0 spiro atoms. The van der Waals surface area contributed by atoms with E-state index in [1.807, 2.05) is 12.1 Å². The monoisotopic (exact) mass is 677 g/mol. The van der Waals surface area contributed by atoms with Crippen molar-refractivity contribution in [2.45, 2.75) is 0 Å². The second-order valence-electron chi connectivity index (χ2n) is 13.7. The van der Waals surface area contributed by atoms with Crippen molar-refractivity contribution in [3.63, 3.8) is 0 Å². The molecule has 3 heteroatoms. The maximum Gasteiger partial charge on any atom is 0.159 e. The molecule has 248 valence electrons. The SMILES string of the molecule is c1ccc(-c2cccc3cccc(-c4cccc(N(c5ccc6oc7ccccc7c6c5)c5cccc6c5oc5ccc7ccccc7c56)c4)c23)cc1. The lowest BCUT2D eigenvalue weighted by molar-refractivity contribution is 0.669. The molecule has 0 amide bonds. The first-order chi connectivity index (χ1) is 26.3. The van der Waals surface area contributed by atoms with Crippen molar-refractivity contribution in [1.29, 1.82) is 0 Å². The molecule has 3 nitrogen and oxygen atoms in total. The molecule has 2 aromatic heterocycles. The third-order valence-corrected chi connectivity index (χ3v) is 10.6. The van der Waals surface area contributed by atoms with Gasteiger partial charge in [0.2, 0.25) is 0 Å². The highest BCUT2D eigenvalue weighted by molar-refractivity contribution is 6.21. The molecule has 0 N–H and O–H groups in total. The van der Waals surface area contributed by atoms with E-state index in [4.69, 9.17) is 8.83 Å². The average Bonchev–Trinajstić information content (AvgIpc) is 3.80. The van der Waals surface area contributed by atoms with Crippen molar-refractivity contribution in [1.82, 2.24) is 0 Å². The van der Waals surface area contributed by atoms with Crippen LogP contribution in [0.2, 0.25) is 0 Å². The Morgan fingerprint density at radius 2 is 0.981 bits per heavy atom. The minimum atomic E-state index is 0.845. The Bertz CT molecular complexity index is 3180. The second kappa shape index (κ2) is 11.7. The zero-order valence-electron chi connectivity index (χ0n) is 28.7. The minimum absolute atomic E-state index is 0.845. The van der Waals surface area contributed by atoms with Crippen LogP contribution in [0.1, 0.15) is 0 Å². The van der Waals surface area contributed by atoms with Crippen molar-refractivity contribution in [2.75, 3.05) is 4.90 Å². The van der Waals surface area contributed by atoms with Crippen molar-refractivity contribution in [2.24, 2.45) is 0 Å². The van der Waals surface area contributed by atoms with Gasteiger partial charge in [-0.05, 0) is 92.3 Å². The van der Waals surface area contributed by atoms with Crippen LogP contribution in [-0.2, 0) is 0 Å². The molecule has 0 fully saturated rings. The number of rotatable bonds is 5. The number of nitrogens with zero attached hydrogens (tertiary/aromatic N) is 1. The number of para-hydroxylation sites is 2. The van der Waals surface area contributed by atoms with Gasteiger partial charge in [-0.25, -0.2) is 0 Å². The van der Waals surface area contributed by atoms with Crippen LogP contribution in [0.3, 0.4) is 0 Å². The first-order valence-corrected chi connectivity index (χ1v) is 18.0. The van der Waals surface area contributed by atoms with E-state index < -0.39 is 0 Å². The van der Waals surface area contributed by atoms with Crippen LogP contribution in [-0.4, -0.2) is 0 Å². The van der Waals surface area contributed by atoms with Crippen molar-refractivity contribution < 1.29 is 8.83 Å². The van der Waals surface area contributed by atoms with Gasteiger partial charge >= 0.3 is 0 Å². The Kier molecular flexibility index (Phi) is 6.55. The Balaban J connectivity index is 1.17. The van der Waals surface area contributed by atoms with E-state index in [0.29, 0.717) is 0 Å². The van der Waals surface area contributed by atoms with Gasteiger partial charge in [-0.15, -0.1) is 0 Å². The summed E-state index contributed by atoms with van der Waals surface area (Å²) in [6, 6.07) is 66.8. The molecule has 53 heavy (non-hydrogen) atoms. The van der Waals surface area contributed by atoms with E-state index in [9.17, 15) is 0 Å². The maximum atomic E-state index is 6.84. The van der Waals surface area contributed by atoms with Gasteiger partial charge in [-0.3, -0.25) is 0 Å². The summed E-state index contributed by atoms with van der Waals surface area (Å²) in [6.07, 6.45) is 0. The van der Waals surface area contributed by atoms with E-state index in [1.54, 1.807) is 0 Å². The molecule has 0 aliphatic carbocycles. The highest BCUT2D eigenvalue weighted by atomic mass is 16.3. The van der Waals surface area contributed by atoms with E-state index in [-0.39, 0.29) is 0 Å². The summed E-state index contributed by atoms with van der Waals surface area (Å²) < 4.78 is 13.1. The van der Waals surface area contributed by atoms with E-state index in [0.717, 1.165) is 66.5 Å². The molecule has 0 saturated heterocycles. The van der Waals surface area contributed by atoms with Crippen LogP contribution in [0.4, 0.5) is 17.1 Å². The minimum Gasteiger partial charge on any atom is -0.456 e.